The Bertz CT molecular complexity index is 2860. The van der Waals surface area contributed by atoms with E-state index in [0.717, 1.165) is 12.0 Å². The molecule has 3 fully saturated rings. The number of rotatable bonds is 10. The number of nitrogens with one attached hydrogen (secondary N) is 4. The Hall–Kier alpha value is -7.14. The number of nitrogens with zero attached hydrogens (tertiary/aromatic N) is 4. The summed E-state index contributed by atoms with van der Waals surface area (Å²) in [5, 5.41) is 5.45. The minimum atomic E-state index is -3.30. The molecule has 2 aromatic heterocycles. The molecule has 4 amide bonds. The topological polar surface area (TPSA) is 184 Å². The minimum absolute atomic E-state index is 0.0907. The highest BCUT2D eigenvalue weighted by atomic mass is 19.3. The molecule has 4 atom stereocenters. The predicted molar refractivity (Wildman–Crippen MR) is 243 cm³/mol. The van der Waals surface area contributed by atoms with Crippen molar-refractivity contribution in [1.82, 2.24) is 40.4 Å². The number of ether oxygens (including phenoxy) is 3. The summed E-state index contributed by atoms with van der Waals surface area (Å²) < 4.78 is 48.5. The molecule has 0 bridgehead atoms. The first-order valence-electron chi connectivity index (χ1n) is 22.7. The zero-order valence-electron chi connectivity index (χ0n) is 37.0. The van der Waals surface area contributed by atoms with Crippen molar-refractivity contribution in [2.75, 3.05) is 40.5 Å². The molecule has 4 aromatic carbocycles. The number of hydrogen-bond donors (Lipinski definition) is 4. The molecule has 17 heteroatoms. The summed E-state index contributed by atoms with van der Waals surface area (Å²) in [4.78, 5) is 72.5. The standard InChI is InChI=1S/C50H50F2N8O7/c1-65-48(63)57-42(28-8-4-3-5-9-28)46(61)59-20-6-10-40(59)44-53-27-39(56-44)32-13-16-34-33-15-12-30(24-35(33)50(51,52)36(34)25-32)31-14-17-37-38(26-31)55-45(54-37)41-11-7-21-60(41)47(62)43(58-49(64)66-2)29-18-22-67-23-19-29/h3-5,8-9,12-17,24-27,29,40-43H,6-7,10-11,18-23H2,1-2H3,(H,53,56)(H,54,55)(H,57,63)(H,58,64)/t40-,41-,42+,43-/m0/s1. The SMILES string of the molecule is COC(=O)N[C@H](C(=O)N1CCC[C@H]1c1nc2ccc(-c3ccc4c(c3)C(F)(F)c3cc(-c5cnc([C@@H]6CCCN6C(=O)[C@H](NC(=O)OC)c6ccccc6)[nH]5)ccc3-4)cc2[nH]1)C1CCOCC1. The van der Waals surface area contributed by atoms with E-state index in [-0.39, 0.29) is 34.9 Å². The summed E-state index contributed by atoms with van der Waals surface area (Å²) in [5.41, 5.74) is 5.07. The van der Waals surface area contributed by atoms with E-state index in [0.29, 0.717) is 115 Å². The second kappa shape index (κ2) is 17.9. The van der Waals surface area contributed by atoms with Crippen molar-refractivity contribution in [1.29, 1.82) is 0 Å². The number of methoxy groups -OCH3 is 2. The molecule has 0 spiro atoms. The van der Waals surface area contributed by atoms with Crippen LogP contribution in [0.3, 0.4) is 0 Å². The maximum Gasteiger partial charge on any atom is 0.407 e. The molecular weight excluding hydrogens is 863 g/mol. The number of likely N-dealkylation sites (tertiary alicyclic amines) is 2. The maximum absolute atomic E-state index is 16.6. The highest BCUT2D eigenvalue weighted by Crippen LogP contribution is 2.53. The van der Waals surface area contributed by atoms with Crippen LogP contribution >= 0.6 is 0 Å². The lowest BCUT2D eigenvalue weighted by molar-refractivity contribution is -0.137. The number of benzene rings is 4. The first-order chi connectivity index (χ1) is 32.5. The van der Waals surface area contributed by atoms with Crippen LogP contribution in [0.2, 0.25) is 0 Å². The van der Waals surface area contributed by atoms with Crippen LogP contribution in [0.25, 0.3) is 44.5 Å². The van der Waals surface area contributed by atoms with Crippen LogP contribution in [0.15, 0.2) is 91.1 Å². The van der Waals surface area contributed by atoms with E-state index in [2.05, 4.69) is 25.6 Å². The van der Waals surface area contributed by atoms with E-state index >= 15 is 8.78 Å². The Morgan fingerprint density at radius 2 is 1.34 bits per heavy atom. The van der Waals surface area contributed by atoms with E-state index in [4.69, 9.17) is 19.2 Å². The van der Waals surface area contributed by atoms with Crippen LogP contribution in [-0.2, 0) is 29.7 Å². The number of imidazole rings is 2. The number of hydrogen-bond acceptors (Lipinski definition) is 9. The zero-order valence-corrected chi connectivity index (χ0v) is 37.0. The highest BCUT2D eigenvalue weighted by Gasteiger charge is 2.45. The number of halogens is 2. The number of aromatic amines is 2. The lowest BCUT2D eigenvalue weighted by Gasteiger charge is -2.34. The third kappa shape index (κ3) is 8.14. The first kappa shape index (κ1) is 43.7. The van der Waals surface area contributed by atoms with Gasteiger partial charge >= 0.3 is 12.2 Å². The number of fused-ring (bicyclic) bond motifs is 4. The number of aromatic nitrogens is 4. The zero-order chi connectivity index (χ0) is 46.4. The van der Waals surface area contributed by atoms with Crippen molar-refractivity contribution < 1.29 is 42.2 Å². The van der Waals surface area contributed by atoms with Gasteiger partial charge in [0.05, 0.1) is 49.2 Å². The fourth-order valence-corrected chi connectivity index (χ4v) is 10.3. The van der Waals surface area contributed by atoms with Crippen LogP contribution in [-0.4, -0.2) is 100 Å². The van der Waals surface area contributed by atoms with Gasteiger partial charge in [-0.2, -0.15) is 8.78 Å². The third-order valence-electron chi connectivity index (χ3n) is 13.7. The normalized spacial score (nSPS) is 19.7. The van der Waals surface area contributed by atoms with E-state index < -0.39 is 36.2 Å². The van der Waals surface area contributed by atoms with Crippen LogP contribution in [0.4, 0.5) is 18.4 Å². The average molecular weight is 913 g/mol. The molecule has 15 nitrogen and oxygen atoms in total. The molecule has 6 aromatic rings. The van der Waals surface area contributed by atoms with Gasteiger partial charge in [-0.3, -0.25) is 9.59 Å². The summed E-state index contributed by atoms with van der Waals surface area (Å²) in [6.07, 6.45) is 4.29. The number of alkyl halides is 2. The Morgan fingerprint density at radius 1 is 0.731 bits per heavy atom. The Balaban J connectivity index is 0.869. The maximum atomic E-state index is 16.6. The lowest BCUT2D eigenvalue weighted by Crippen LogP contribution is -2.53. The van der Waals surface area contributed by atoms with Gasteiger partial charge in [0.1, 0.15) is 23.7 Å². The van der Waals surface area contributed by atoms with E-state index in [1.54, 1.807) is 64.5 Å². The lowest BCUT2D eigenvalue weighted by atomic mass is 9.90. The largest absolute Gasteiger partial charge is 0.453 e. The molecule has 1 aliphatic carbocycles. The van der Waals surface area contributed by atoms with Gasteiger partial charge in [-0.1, -0.05) is 60.7 Å². The summed E-state index contributed by atoms with van der Waals surface area (Å²) >= 11 is 0. The molecule has 3 saturated heterocycles. The fourth-order valence-electron chi connectivity index (χ4n) is 10.3. The van der Waals surface area contributed by atoms with Gasteiger partial charge in [-0.15, -0.1) is 0 Å². The second-order valence-electron chi connectivity index (χ2n) is 17.6. The van der Waals surface area contributed by atoms with Gasteiger partial charge in [0.15, 0.2) is 0 Å². The van der Waals surface area contributed by atoms with Gasteiger partial charge < -0.3 is 44.6 Å². The molecule has 67 heavy (non-hydrogen) atoms. The number of carbonyl (C=O) groups is 4. The van der Waals surface area contributed by atoms with Crippen molar-refractivity contribution in [2.45, 2.75) is 68.6 Å². The summed E-state index contributed by atoms with van der Waals surface area (Å²) in [6.45, 7) is 1.99. The van der Waals surface area contributed by atoms with Crippen molar-refractivity contribution in [2.24, 2.45) is 5.92 Å². The van der Waals surface area contributed by atoms with Gasteiger partial charge in [-0.25, -0.2) is 19.6 Å². The van der Waals surface area contributed by atoms with E-state index in [1.807, 2.05) is 30.3 Å². The van der Waals surface area contributed by atoms with Crippen LogP contribution < -0.4 is 10.6 Å². The number of alkyl carbamates (subject to hydrolysis) is 2. The molecule has 0 unspecified atom stereocenters. The van der Waals surface area contributed by atoms with E-state index in [9.17, 15) is 19.2 Å². The minimum Gasteiger partial charge on any atom is -0.453 e. The summed E-state index contributed by atoms with van der Waals surface area (Å²) in [5.74, 6) is -2.74. The molecule has 3 aliphatic heterocycles. The second-order valence-corrected chi connectivity index (χ2v) is 17.6. The van der Waals surface area contributed by atoms with Crippen molar-refractivity contribution in [3.8, 4) is 33.5 Å². The van der Waals surface area contributed by atoms with Crippen LogP contribution in [0.5, 0.6) is 0 Å². The van der Waals surface area contributed by atoms with Gasteiger partial charge in [0.25, 0.3) is 11.8 Å². The van der Waals surface area contributed by atoms with Crippen molar-refractivity contribution in [3.05, 3.63) is 119 Å². The Kier molecular flexibility index (Phi) is 11.7. The third-order valence-corrected chi connectivity index (χ3v) is 13.7. The monoisotopic (exact) mass is 912 g/mol. The molecule has 4 aliphatic rings. The Labute approximate surface area is 384 Å². The Morgan fingerprint density at radius 3 is 2.04 bits per heavy atom. The number of carbonyl (C=O) groups excluding carboxylic acids is 4. The van der Waals surface area contributed by atoms with E-state index in [1.165, 1.54) is 20.3 Å². The highest BCUT2D eigenvalue weighted by molar-refractivity contribution is 5.89. The van der Waals surface area contributed by atoms with Gasteiger partial charge in [-0.05, 0) is 96.5 Å². The molecule has 346 valence electrons. The van der Waals surface area contributed by atoms with Crippen molar-refractivity contribution >= 4 is 35.0 Å². The average Bonchev–Trinajstić information content (AvgIpc) is 4.23. The molecular formula is C50H50F2N8O7. The number of H-pyrrole nitrogens is 2. The smallest absolute Gasteiger partial charge is 0.407 e. The fraction of sp³-hybridized carbons (Fsp3) is 0.360. The van der Waals surface area contributed by atoms with Crippen LogP contribution in [0.1, 0.15) is 85.0 Å². The molecule has 0 saturated carbocycles. The number of amides is 4. The quantitative estimate of drug-likeness (QED) is 0.105. The molecule has 4 N–H and O–H groups in total. The molecule has 5 heterocycles. The van der Waals surface area contributed by atoms with Crippen molar-refractivity contribution in [3.63, 3.8) is 0 Å². The summed E-state index contributed by atoms with van der Waals surface area (Å²) in [6, 6.07) is 22.2. The van der Waals surface area contributed by atoms with Crippen LogP contribution in [0, 0.1) is 5.92 Å². The first-order valence-corrected chi connectivity index (χ1v) is 22.7. The van der Waals surface area contributed by atoms with Gasteiger partial charge in [0.2, 0.25) is 5.91 Å². The predicted octanol–water partition coefficient (Wildman–Crippen LogP) is 8.32. The van der Waals surface area contributed by atoms with Gasteiger partial charge in [0, 0.05) is 43.0 Å². The summed E-state index contributed by atoms with van der Waals surface area (Å²) in [7, 11) is 2.52. The molecule has 0 radical (unpaired) electrons. The molecule has 10 rings (SSSR count).